The molecule has 0 bridgehead atoms. The summed E-state index contributed by atoms with van der Waals surface area (Å²) in [7, 11) is 2.93. The van der Waals surface area contributed by atoms with Crippen LogP contribution in [0.1, 0.15) is 6.42 Å². The van der Waals surface area contributed by atoms with E-state index in [9.17, 15) is 20.1 Å². The second-order valence-electron chi connectivity index (χ2n) is 10.0. The number of allylic oxidation sites excluding steroid dienone is 1. The highest BCUT2D eigenvalue weighted by Gasteiger charge is 2.31. The zero-order valence-electron chi connectivity index (χ0n) is 23.2. The van der Waals surface area contributed by atoms with Crippen molar-refractivity contribution in [2.45, 2.75) is 12.5 Å². The van der Waals surface area contributed by atoms with Gasteiger partial charge in [0.1, 0.15) is 17.0 Å². The summed E-state index contributed by atoms with van der Waals surface area (Å²) in [5.74, 6) is 1.02. The average Bonchev–Trinajstić information content (AvgIpc) is 3.44. The van der Waals surface area contributed by atoms with Crippen molar-refractivity contribution < 1.29 is 34.3 Å². The number of ether oxygens (including phenoxy) is 3. The van der Waals surface area contributed by atoms with Gasteiger partial charge in [-0.3, -0.25) is 4.79 Å². The van der Waals surface area contributed by atoms with Crippen molar-refractivity contribution in [3.63, 3.8) is 0 Å². The molecule has 42 heavy (non-hydrogen) atoms. The Balaban J connectivity index is 1.81. The van der Waals surface area contributed by atoms with E-state index in [1.165, 1.54) is 20.3 Å². The van der Waals surface area contributed by atoms with E-state index in [0.717, 1.165) is 0 Å². The van der Waals surface area contributed by atoms with Gasteiger partial charge in [0.05, 0.1) is 74.5 Å². The van der Waals surface area contributed by atoms with Crippen molar-refractivity contribution in [3.8, 4) is 22.8 Å². The monoisotopic (exact) mass is 621 g/mol. The molecular formula is C28H33Cl2N5O7. The number of ketones is 1. The first-order valence-electron chi connectivity index (χ1n) is 13.1. The third-order valence-corrected chi connectivity index (χ3v) is 7.99. The van der Waals surface area contributed by atoms with Crippen LogP contribution in [0.3, 0.4) is 0 Å². The number of aromatic nitrogens is 3. The van der Waals surface area contributed by atoms with Crippen LogP contribution in [0.25, 0.3) is 22.2 Å². The zero-order valence-corrected chi connectivity index (χ0v) is 24.7. The topological polar surface area (TPSA) is 168 Å². The van der Waals surface area contributed by atoms with Gasteiger partial charge in [0, 0.05) is 42.1 Å². The minimum Gasteiger partial charge on any atom is -0.495 e. The van der Waals surface area contributed by atoms with E-state index >= 15 is 0 Å². The van der Waals surface area contributed by atoms with Crippen molar-refractivity contribution in [2.75, 3.05) is 64.4 Å². The molecule has 1 fully saturated rings. The molecule has 3 aromatic rings. The summed E-state index contributed by atoms with van der Waals surface area (Å²) >= 11 is 13.3. The number of fused-ring (bicyclic) bond motifs is 1. The molecule has 3 heterocycles. The Kier molecular flexibility index (Phi) is 10.4. The number of halogens is 2. The first kappa shape index (κ1) is 31.7. The molecule has 2 atom stereocenters. The molecule has 0 saturated carbocycles. The quantitative estimate of drug-likeness (QED) is 0.167. The van der Waals surface area contributed by atoms with Crippen LogP contribution in [0, 0.1) is 11.3 Å². The lowest BCUT2D eigenvalue weighted by Gasteiger charge is -2.28. The molecule has 4 rings (SSSR count). The van der Waals surface area contributed by atoms with Crippen molar-refractivity contribution in [1.29, 1.82) is 0 Å². The predicted octanol–water partition coefficient (Wildman–Crippen LogP) is 2.96. The molecule has 0 amide bonds. The lowest BCUT2D eigenvalue weighted by atomic mass is 9.91. The number of anilines is 2. The number of rotatable bonds is 14. The van der Waals surface area contributed by atoms with Gasteiger partial charge in [-0.1, -0.05) is 29.8 Å². The van der Waals surface area contributed by atoms with Crippen molar-refractivity contribution >= 4 is 51.7 Å². The summed E-state index contributed by atoms with van der Waals surface area (Å²) in [6, 6.07) is 3.07. The van der Waals surface area contributed by atoms with Crippen molar-refractivity contribution in [2.24, 2.45) is 11.3 Å². The van der Waals surface area contributed by atoms with Crippen LogP contribution in [0.4, 0.5) is 11.8 Å². The maximum Gasteiger partial charge on any atom is 0.223 e. The van der Waals surface area contributed by atoms with E-state index in [4.69, 9.17) is 42.4 Å². The van der Waals surface area contributed by atoms with Gasteiger partial charge in [0.2, 0.25) is 5.95 Å². The third kappa shape index (κ3) is 6.54. The molecule has 1 aliphatic heterocycles. The van der Waals surface area contributed by atoms with Crippen LogP contribution in [0.5, 0.6) is 11.5 Å². The molecule has 0 radical (unpaired) electrons. The Morgan fingerprint density at radius 3 is 2.38 bits per heavy atom. The van der Waals surface area contributed by atoms with Crippen LogP contribution in [0.2, 0.25) is 10.0 Å². The summed E-state index contributed by atoms with van der Waals surface area (Å²) in [5, 5.41) is 37.0. The maximum absolute atomic E-state index is 12.0. The summed E-state index contributed by atoms with van der Waals surface area (Å²) < 4.78 is 16.4. The molecule has 0 unspecified atom stereocenters. The number of nitrogens with one attached hydrogen (secondary N) is 2. The molecule has 1 saturated heterocycles. The van der Waals surface area contributed by atoms with Crippen LogP contribution in [-0.4, -0.2) is 95.9 Å². The summed E-state index contributed by atoms with van der Waals surface area (Å²) in [4.78, 5) is 25.9. The maximum atomic E-state index is 12.0. The number of nitrogens with zero attached hydrogens (tertiary/aromatic N) is 3. The molecule has 226 valence electrons. The highest BCUT2D eigenvalue weighted by Crippen LogP contribution is 2.46. The van der Waals surface area contributed by atoms with Crippen molar-refractivity contribution in [1.82, 2.24) is 15.0 Å². The van der Waals surface area contributed by atoms with E-state index in [2.05, 4.69) is 27.2 Å². The predicted molar refractivity (Wildman–Crippen MR) is 160 cm³/mol. The Morgan fingerprint density at radius 1 is 1.12 bits per heavy atom. The number of hydrogen-bond acceptors (Lipinski definition) is 12. The number of hydrogen-bond donors (Lipinski definition) is 5. The fraction of sp³-hybridized carbons (Fsp3) is 0.429. The molecule has 0 aliphatic carbocycles. The first-order valence-corrected chi connectivity index (χ1v) is 13.8. The van der Waals surface area contributed by atoms with E-state index < -0.39 is 25.2 Å². The SMILES string of the molecule is C=CC(=O)C[C@H]1COC[C@H]1Nc1ncc2cc(-c3c(Cl)c(OC)cc(OC)c3Cl)nc(NCC(CO)(CO)CO)c2n1. The van der Waals surface area contributed by atoms with Crippen LogP contribution >= 0.6 is 23.2 Å². The van der Waals surface area contributed by atoms with Gasteiger partial charge in [-0.25, -0.2) is 15.0 Å². The summed E-state index contributed by atoms with van der Waals surface area (Å²) in [6.07, 6.45) is 3.17. The highest BCUT2D eigenvalue weighted by molar-refractivity contribution is 6.41. The summed E-state index contributed by atoms with van der Waals surface area (Å²) in [6.45, 7) is 2.84. The van der Waals surface area contributed by atoms with Gasteiger partial charge in [0.15, 0.2) is 11.6 Å². The smallest absolute Gasteiger partial charge is 0.223 e. The normalized spacial score (nSPS) is 16.8. The van der Waals surface area contributed by atoms with Crippen LogP contribution in [0.15, 0.2) is 31.0 Å². The van der Waals surface area contributed by atoms with Gasteiger partial charge < -0.3 is 40.2 Å². The molecule has 12 nitrogen and oxygen atoms in total. The Hall–Kier alpha value is -3.26. The fourth-order valence-corrected chi connectivity index (χ4v) is 5.22. The van der Waals surface area contributed by atoms with Gasteiger partial charge in [-0.2, -0.15) is 0 Å². The van der Waals surface area contributed by atoms with Gasteiger partial charge in [-0.05, 0) is 12.1 Å². The number of carbonyl (C=O) groups excluding carboxylic acids is 1. The standard InChI is InChI=1S/C28H33Cl2N5O7/c1-4-17(39)5-16-9-42-10-19(16)34-27-31-8-15-6-18(22-23(29)20(40-2)7-21(41-3)24(22)30)33-26(25(15)35-27)32-11-28(12-36,13-37)14-38/h4,6-8,16,19,36-38H,1,5,9-14H2,2-3H3,(H,32,33)(H,31,34,35)/t16-,19+/m0/s1. The van der Waals surface area contributed by atoms with Crippen LogP contribution < -0.4 is 20.1 Å². The third-order valence-electron chi connectivity index (χ3n) is 7.24. The van der Waals surface area contributed by atoms with E-state index in [1.54, 1.807) is 18.3 Å². The number of aliphatic hydroxyl groups excluding tert-OH is 3. The number of benzene rings is 1. The Morgan fingerprint density at radius 2 is 1.79 bits per heavy atom. The number of methoxy groups -OCH3 is 2. The van der Waals surface area contributed by atoms with Crippen molar-refractivity contribution in [3.05, 3.63) is 41.0 Å². The molecule has 14 heteroatoms. The fourth-order valence-electron chi connectivity index (χ4n) is 4.53. The first-order chi connectivity index (χ1) is 20.2. The highest BCUT2D eigenvalue weighted by atomic mass is 35.5. The zero-order chi connectivity index (χ0) is 30.4. The van der Waals surface area contributed by atoms with Gasteiger partial charge in [0.25, 0.3) is 0 Å². The molecule has 5 N–H and O–H groups in total. The Bertz CT molecular complexity index is 1420. The molecule has 1 aromatic carbocycles. The minimum absolute atomic E-state index is 0.0417. The molecule has 0 spiro atoms. The Labute approximate surface area is 252 Å². The largest absolute Gasteiger partial charge is 0.495 e. The molecule has 2 aromatic heterocycles. The number of pyridine rings is 1. The van der Waals surface area contributed by atoms with Gasteiger partial charge in [-0.15, -0.1) is 0 Å². The van der Waals surface area contributed by atoms with E-state index in [0.29, 0.717) is 46.9 Å². The average molecular weight is 623 g/mol. The minimum atomic E-state index is -1.24. The summed E-state index contributed by atoms with van der Waals surface area (Å²) in [5.41, 5.74) is -0.147. The lowest BCUT2D eigenvalue weighted by Crippen LogP contribution is -2.40. The molecular weight excluding hydrogens is 589 g/mol. The number of carbonyl (C=O) groups is 1. The van der Waals surface area contributed by atoms with Crippen LogP contribution in [-0.2, 0) is 9.53 Å². The van der Waals surface area contributed by atoms with E-state index in [-0.39, 0.29) is 52.5 Å². The lowest BCUT2D eigenvalue weighted by molar-refractivity contribution is -0.115. The van der Waals surface area contributed by atoms with E-state index in [1.807, 2.05) is 0 Å². The number of aliphatic hydroxyl groups is 3. The second-order valence-corrected chi connectivity index (χ2v) is 10.8. The second kappa shape index (κ2) is 13.8. The molecule has 1 aliphatic rings. The van der Waals surface area contributed by atoms with Gasteiger partial charge >= 0.3 is 0 Å².